The van der Waals surface area contributed by atoms with Gasteiger partial charge in [-0.2, -0.15) is 0 Å². The maximum Gasteiger partial charge on any atom is 0.217 e. The molecule has 1 amide bonds. The minimum Gasteiger partial charge on any atom is -0.370 e. The second kappa shape index (κ2) is 7.53. The molecule has 1 aromatic carbocycles. The number of primary amides is 1. The number of nitrogens with two attached hydrogens (primary N) is 1. The number of carbonyl (C=O) groups excluding carboxylic acids is 1. The van der Waals surface area contributed by atoms with E-state index < -0.39 is 0 Å². The van der Waals surface area contributed by atoms with Crippen LogP contribution in [0.1, 0.15) is 18.9 Å². The Morgan fingerprint density at radius 3 is 2.07 bits per heavy atom. The first-order valence-electron chi connectivity index (χ1n) is 4.14. The van der Waals surface area contributed by atoms with E-state index in [2.05, 4.69) is 18.4 Å². The summed E-state index contributed by atoms with van der Waals surface area (Å²) in [4.78, 5) is 9.59. The quantitative estimate of drug-likeness (QED) is 0.600. The highest BCUT2D eigenvalue weighted by Crippen LogP contribution is 2.02. The second-order valence-corrected chi connectivity index (χ2v) is 3.65. The normalized spacial score (nSPS) is 8.43. The molecule has 0 aliphatic heterocycles. The first kappa shape index (κ1) is 13.1. The van der Waals surface area contributed by atoms with Gasteiger partial charge >= 0.3 is 0 Å². The molecule has 4 heteroatoms. The second-order valence-electron chi connectivity index (χ2n) is 2.49. The molecule has 0 saturated carbocycles. The van der Waals surface area contributed by atoms with Crippen LogP contribution in [-0.4, -0.2) is 10.1 Å². The van der Waals surface area contributed by atoms with Gasteiger partial charge in [0.05, 0.1) is 4.20 Å². The molecule has 2 nitrogen and oxygen atoms in total. The number of rotatable bonds is 2. The highest BCUT2D eigenvalue weighted by Gasteiger charge is 1.89. The van der Waals surface area contributed by atoms with Crippen LogP contribution in [0.25, 0.3) is 0 Å². The van der Waals surface area contributed by atoms with Crippen molar-refractivity contribution in [3.8, 4) is 0 Å². The van der Waals surface area contributed by atoms with Crippen LogP contribution in [0.5, 0.6) is 0 Å². The van der Waals surface area contributed by atoms with Crippen LogP contribution >= 0.6 is 24.8 Å². The highest BCUT2D eigenvalue weighted by molar-refractivity contribution is 8.11. The molecule has 76 valence electrons. The van der Waals surface area contributed by atoms with Crippen LogP contribution < -0.4 is 5.73 Å². The average Bonchev–Trinajstić information content (AvgIpc) is 2.20. The molecule has 0 fully saturated rings. The first-order chi connectivity index (χ1) is 6.57. The molecule has 1 aromatic rings. The Morgan fingerprint density at radius 2 is 1.86 bits per heavy atom. The van der Waals surface area contributed by atoms with Gasteiger partial charge in [-0.05, 0) is 5.56 Å². The number of carbonyl (C=O) groups is 1. The largest absolute Gasteiger partial charge is 0.370 e. The van der Waals surface area contributed by atoms with Crippen molar-refractivity contribution in [3.05, 3.63) is 35.9 Å². The van der Waals surface area contributed by atoms with Crippen LogP contribution in [0.15, 0.2) is 30.3 Å². The summed E-state index contributed by atoms with van der Waals surface area (Å²) in [6.07, 6.45) is 0.444. The molecule has 0 aliphatic carbocycles. The van der Waals surface area contributed by atoms with E-state index in [9.17, 15) is 4.79 Å². The van der Waals surface area contributed by atoms with Gasteiger partial charge in [-0.3, -0.25) is 4.79 Å². The predicted molar refractivity (Wildman–Crippen MR) is 66.6 cm³/mol. The topological polar surface area (TPSA) is 43.1 Å². The zero-order valence-electron chi connectivity index (χ0n) is 7.93. The summed E-state index contributed by atoms with van der Waals surface area (Å²) in [6.45, 7) is 1.72. The van der Waals surface area contributed by atoms with Crippen LogP contribution in [0.3, 0.4) is 0 Å². The number of thiocarbonyl (C=S) groups is 1. The minimum atomic E-state index is -0.245. The molecule has 1 rings (SSSR count). The van der Waals surface area contributed by atoms with Crippen molar-refractivity contribution in [1.29, 1.82) is 0 Å². The summed E-state index contributed by atoms with van der Waals surface area (Å²) in [5, 5.41) is 0. The molecule has 14 heavy (non-hydrogen) atoms. The molecule has 0 unspecified atom stereocenters. The van der Waals surface area contributed by atoms with E-state index in [-0.39, 0.29) is 5.91 Å². The van der Waals surface area contributed by atoms with Gasteiger partial charge < -0.3 is 5.73 Å². The first-order valence-corrected chi connectivity index (χ1v) is 5.00. The third kappa shape index (κ3) is 6.62. The molecule has 0 aromatic heterocycles. The Kier molecular flexibility index (Phi) is 7.06. The van der Waals surface area contributed by atoms with Crippen molar-refractivity contribution >= 4 is 35.0 Å². The molecule has 0 atom stereocenters. The fourth-order valence-corrected chi connectivity index (χ4v) is 0.866. The molecule has 0 radical (unpaired) electrons. The lowest BCUT2D eigenvalue weighted by atomic mass is 10.2. The fourth-order valence-electron chi connectivity index (χ4n) is 0.581. The number of thiol groups is 1. The third-order valence-corrected chi connectivity index (χ3v) is 1.86. The summed E-state index contributed by atoms with van der Waals surface area (Å²) < 4.78 is 0.649. The molecule has 2 N–H and O–H groups in total. The van der Waals surface area contributed by atoms with Crippen LogP contribution in [0.4, 0.5) is 0 Å². The van der Waals surface area contributed by atoms with Crippen LogP contribution in [-0.2, 0) is 4.79 Å². The molecule has 0 heterocycles. The van der Waals surface area contributed by atoms with Crippen molar-refractivity contribution in [2.75, 3.05) is 0 Å². The molecule has 0 saturated heterocycles. The van der Waals surface area contributed by atoms with E-state index in [1.807, 2.05) is 30.3 Å². The highest BCUT2D eigenvalue weighted by atomic mass is 32.1. The lowest BCUT2D eigenvalue weighted by Crippen LogP contribution is -2.06. The smallest absolute Gasteiger partial charge is 0.217 e. The Labute approximate surface area is 94.9 Å². The number of benzene rings is 1. The summed E-state index contributed by atoms with van der Waals surface area (Å²) in [5.74, 6) is -0.245. The van der Waals surface area contributed by atoms with Gasteiger partial charge in [-0.1, -0.05) is 49.5 Å². The number of hydrogen-bond donors (Lipinski definition) is 2. The van der Waals surface area contributed by atoms with E-state index in [4.69, 9.17) is 12.2 Å². The Balaban J connectivity index is 0.000000292. The molecule has 0 bridgehead atoms. The van der Waals surface area contributed by atoms with Crippen molar-refractivity contribution in [1.82, 2.24) is 0 Å². The molecule has 0 aliphatic rings. The van der Waals surface area contributed by atoms with Crippen molar-refractivity contribution in [2.24, 2.45) is 5.73 Å². The summed E-state index contributed by atoms with van der Waals surface area (Å²) in [5.41, 5.74) is 5.66. The monoisotopic (exact) mass is 227 g/mol. The fraction of sp³-hybridized carbons (Fsp3) is 0.200. The van der Waals surface area contributed by atoms with Crippen molar-refractivity contribution in [2.45, 2.75) is 13.3 Å². The molecular formula is C10H13NOS2. The van der Waals surface area contributed by atoms with E-state index in [1.54, 1.807) is 6.92 Å². The lowest BCUT2D eigenvalue weighted by molar-refractivity contribution is -0.117. The van der Waals surface area contributed by atoms with E-state index in [0.717, 1.165) is 5.56 Å². The van der Waals surface area contributed by atoms with Crippen molar-refractivity contribution in [3.63, 3.8) is 0 Å². The van der Waals surface area contributed by atoms with E-state index in [1.165, 1.54) is 0 Å². The zero-order valence-corrected chi connectivity index (χ0v) is 9.65. The molecular weight excluding hydrogens is 214 g/mol. The minimum absolute atomic E-state index is 0.245. The van der Waals surface area contributed by atoms with Crippen LogP contribution in [0, 0.1) is 0 Å². The van der Waals surface area contributed by atoms with Gasteiger partial charge in [0.25, 0.3) is 0 Å². The lowest BCUT2D eigenvalue weighted by Gasteiger charge is -1.91. The van der Waals surface area contributed by atoms with Gasteiger partial charge in [0.2, 0.25) is 5.91 Å². The summed E-state index contributed by atoms with van der Waals surface area (Å²) >= 11 is 8.85. The Morgan fingerprint density at radius 1 is 1.43 bits per heavy atom. The zero-order chi connectivity index (χ0) is 11.0. The maximum atomic E-state index is 9.59. The van der Waals surface area contributed by atoms with Gasteiger partial charge in [-0.25, -0.2) is 0 Å². The van der Waals surface area contributed by atoms with Crippen LogP contribution in [0.2, 0.25) is 0 Å². The van der Waals surface area contributed by atoms with E-state index >= 15 is 0 Å². The Bertz CT molecular complexity index is 298. The predicted octanol–water partition coefficient (Wildman–Crippen LogP) is 2.17. The molecule has 0 spiro atoms. The third-order valence-electron chi connectivity index (χ3n) is 1.37. The van der Waals surface area contributed by atoms with E-state index in [0.29, 0.717) is 10.6 Å². The average molecular weight is 227 g/mol. The van der Waals surface area contributed by atoms with Crippen molar-refractivity contribution < 1.29 is 4.79 Å². The van der Waals surface area contributed by atoms with Gasteiger partial charge in [0, 0.05) is 6.42 Å². The maximum absolute atomic E-state index is 9.59. The summed E-state index contributed by atoms with van der Waals surface area (Å²) in [7, 11) is 0. The Hall–Kier alpha value is -0.870. The SMILES string of the molecule is CCC(N)=O.S=C(S)c1ccccc1. The van der Waals surface area contributed by atoms with Gasteiger partial charge in [0.15, 0.2) is 0 Å². The van der Waals surface area contributed by atoms with Gasteiger partial charge in [-0.15, -0.1) is 12.6 Å². The number of hydrogen-bond acceptors (Lipinski definition) is 2. The standard InChI is InChI=1S/C7H6S2.C3H7NO/c8-7(9)6-4-2-1-3-5-6;1-2-3(4)5/h1-5H,(H,8,9);2H2,1H3,(H2,4,5). The van der Waals surface area contributed by atoms with Gasteiger partial charge in [0.1, 0.15) is 0 Å². The summed E-state index contributed by atoms with van der Waals surface area (Å²) in [6, 6.07) is 9.72. The number of amides is 1.